The lowest BCUT2D eigenvalue weighted by Crippen LogP contribution is -2.17. The van der Waals surface area contributed by atoms with E-state index in [4.69, 9.17) is 9.47 Å². The Morgan fingerprint density at radius 1 is 1.10 bits per heavy atom. The van der Waals surface area contributed by atoms with Crippen molar-refractivity contribution in [1.29, 1.82) is 0 Å². The van der Waals surface area contributed by atoms with E-state index >= 15 is 0 Å². The summed E-state index contributed by atoms with van der Waals surface area (Å²) in [5.74, 6) is 2.17. The zero-order chi connectivity index (χ0) is 22.0. The molecule has 2 aromatic carbocycles. The maximum absolute atomic E-state index is 13.2. The van der Waals surface area contributed by atoms with Gasteiger partial charge >= 0.3 is 0 Å². The molecule has 0 spiro atoms. The zero-order valence-corrected chi connectivity index (χ0v) is 18.6. The van der Waals surface area contributed by atoms with Crippen LogP contribution >= 0.6 is 0 Å². The predicted molar refractivity (Wildman–Crippen MR) is 121 cm³/mol. The number of aryl methyl sites for hydroxylation is 1. The second-order valence-corrected chi connectivity index (χ2v) is 8.64. The molecule has 1 aromatic heterocycles. The maximum Gasteiger partial charge on any atom is 0.256 e. The van der Waals surface area contributed by atoms with Crippen molar-refractivity contribution in [3.8, 4) is 17.2 Å². The molecule has 4 rings (SSSR count). The third-order valence-corrected chi connectivity index (χ3v) is 6.26. The molecule has 162 valence electrons. The first-order valence-electron chi connectivity index (χ1n) is 10.2. The Morgan fingerprint density at radius 3 is 2.58 bits per heavy atom. The van der Waals surface area contributed by atoms with Gasteiger partial charge in [0, 0.05) is 21.9 Å². The maximum atomic E-state index is 13.2. The van der Waals surface area contributed by atoms with Gasteiger partial charge < -0.3 is 14.8 Å². The fourth-order valence-electron chi connectivity index (χ4n) is 3.60. The van der Waals surface area contributed by atoms with Gasteiger partial charge in [-0.1, -0.05) is 18.2 Å². The summed E-state index contributed by atoms with van der Waals surface area (Å²) in [4.78, 5) is 13.2. The van der Waals surface area contributed by atoms with E-state index in [1.165, 1.54) is 0 Å². The first-order chi connectivity index (χ1) is 15.0. The smallest absolute Gasteiger partial charge is 0.256 e. The molecule has 3 aromatic rings. The average molecular weight is 440 g/mol. The SMILES string of the molecule is CCOc1ccc(C(=O)Nc2c3c(nn2-c2ccccc2C)C[S@](=O)C3)cc1OCC. The lowest BCUT2D eigenvalue weighted by atomic mass is 10.1. The molecular formula is C23H25N3O4S. The number of carbonyl (C=O) groups excluding carboxylic acids is 1. The van der Waals surface area contributed by atoms with E-state index in [0.717, 1.165) is 22.5 Å². The number of para-hydroxylation sites is 1. The molecule has 0 aliphatic carbocycles. The molecule has 0 bridgehead atoms. The molecular weight excluding hydrogens is 414 g/mol. The van der Waals surface area contributed by atoms with Gasteiger partial charge in [-0.05, 0) is 50.6 Å². The Labute approximate surface area is 183 Å². The first kappa shape index (κ1) is 21.1. The summed E-state index contributed by atoms with van der Waals surface area (Å²) in [7, 11) is -1.00. The number of amides is 1. The largest absolute Gasteiger partial charge is 0.490 e. The van der Waals surface area contributed by atoms with Crippen LogP contribution in [0.25, 0.3) is 5.69 Å². The van der Waals surface area contributed by atoms with E-state index < -0.39 is 10.8 Å². The van der Waals surface area contributed by atoms with Crippen molar-refractivity contribution >= 4 is 22.5 Å². The second-order valence-electron chi connectivity index (χ2n) is 7.18. The molecule has 1 N–H and O–H groups in total. The van der Waals surface area contributed by atoms with Crippen molar-refractivity contribution in [1.82, 2.24) is 9.78 Å². The van der Waals surface area contributed by atoms with Crippen LogP contribution in [0.15, 0.2) is 42.5 Å². The highest BCUT2D eigenvalue weighted by Gasteiger charge is 2.29. The number of ether oxygens (including phenoxy) is 2. The monoisotopic (exact) mass is 439 g/mol. The van der Waals surface area contributed by atoms with Crippen LogP contribution in [0.1, 0.15) is 41.0 Å². The fraction of sp³-hybridized carbons (Fsp3) is 0.304. The van der Waals surface area contributed by atoms with Gasteiger partial charge in [0.2, 0.25) is 0 Å². The summed E-state index contributed by atoms with van der Waals surface area (Å²) in [5, 5.41) is 7.67. The van der Waals surface area contributed by atoms with Crippen molar-refractivity contribution in [2.45, 2.75) is 32.3 Å². The van der Waals surface area contributed by atoms with Gasteiger partial charge in [0.25, 0.3) is 5.91 Å². The van der Waals surface area contributed by atoms with Crippen molar-refractivity contribution < 1.29 is 18.5 Å². The highest BCUT2D eigenvalue weighted by molar-refractivity contribution is 7.83. The normalized spacial score (nSPS) is 14.9. The van der Waals surface area contributed by atoms with Gasteiger partial charge in [-0.3, -0.25) is 9.00 Å². The van der Waals surface area contributed by atoms with Crippen LogP contribution in [0, 0.1) is 6.92 Å². The van der Waals surface area contributed by atoms with Crippen LogP contribution in [0.4, 0.5) is 5.82 Å². The highest BCUT2D eigenvalue weighted by Crippen LogP contribution is 2.33. The summed E-state index contributed by atoms with van der Waals surface area (Å²) < 4.78 is 25.1. The summed E-state index contributed by atoms with van der Waals surface area (Å²) in [6.45, 7) is 6.74. The van der Waals surface area contributed by atoms with Crippen LogP contribution in [0.5, 0.6) is 11.5 Å². The van der Waals surface area contributed by atoms with Crippen LogP contribution in [0.3, 0.4) is 0 Å². The fourth-order valence-corrected chi connectivity index (χ4v) is 4.87. The van der Waals surface area contributed by atoms with Crippen molar-refractivity contribution in [2.75, 3.05) is 18.5 Å². The van der Waals surface area contributed by atoms with Gasteiger partial charge in [-0.2, -0.15) is 5.10 Å². The molecule has 2 heterocycles. The molecule has 1 amide bonds. The molecule has 31 heavy (non-hydrogen) atoms. The number of hydrogen-bond donors (Lipinski definition) is 1. The van der Waals surface area contributed by atoms with E-state index in [1.54, 1.807) is 22.9 Å². The van der Waals surface area contributed by atoms with E-state index in [1.807, 2.05) is 45.0 Å². The number of nitrogens with one attached hydrogen (secondary N) is 1. The highest BCUT2D eigenvalue weighted by atomic mass is 32.2. The van der Waals surface area contributed by atoms with Gasteiger partial charge in [0.15, 0.2) is 11.5 Å². The molecule has 0 unspecified atom stereocenters. The number of carbonyl (C=O) groups is 1. The predicted octanol–water partition coefficient (Wildman–Crippen LogP) is 3.99. The Morgan fingerprint density at radius 2 is 1.84 bits per heavy atom. The Balaban J connectivity index is 1.71. The van der Waals surface area contributed by atoms with Gasteiger partial charge in [-0.15, -0.1) is 0 Å². The second kappa shape index (κ2) is 8.93. The van der Waals surface area contributed by atoms with Crippen LogP contribution < -0.4 is 14.8 Å². The van der Waals surface area contributed by atoms with Gasteiger partial charge in [0.1, 0.15) is 5.82 Å². The Bertz CT molecular complexity index is 1160. The molecule has 1 aliphatic rings. The van der Waals surface area contributed by atoms with Crippen LogP contribution in [0.2, 0.25) is 0 Å². The number of fused-ring (bicyclic) bond motifs is 1. The molecule has 0 radical (unpaired) electrons. The number of benzene rings is 2. The third kappa shape index (κ3) is 4.20. The minimum absolute atomic E-state index is 0.292. The average Bonchev–Trinajstić information content (AvgIpc) is 3.27. The van der Waals surface area contributed by atoms with Crippen molar-refractivity contribution in [3.63, 3.8) is 0 Å². The first-order valence-corrected chi connectivity index (χ1v) is 11.7. The Kier molecular flexibility index (Phi) is 6.08. The van der Waals surface area contributed by atoms with Crippen molar-refractivity contribution in [3.05, 3.63) is 64.8 Å². The molecule has 1 aliphatic heterocycles. The topological polar surface area (TPSA) is 82.5 Å². The standard InChI is InChI=1S/C23H25N3O4S/c1-4-29-20-11-10-16(12-21(20)30-5-2)23(27)24-22-17-13-31(28)14-18(17)25-26(22)19-9-7-6-8-15(19)3/h6-12H,4-5,13-14H2,1-3H3,(H,24,27)/t31-/m1/s1. The molecule has 0 saturated heterocycles. The summed E-state index contributed by atoms with van der Waals surface area (Å²) >= 11 is 0. The molecule has 0 saturated carbocycles. The Hall–Kier alpha value is -3.13. The lowest BCUT2D eigenvalue weighted by molar-refractivity contribution is 0.102. The van der Waals surface area contributed by atoms with Gasteiger partial charge in [-0.25, -0.2) is 4.68 Å². The summed E-state index contributed by atoms with van der Waals surface area (Å²) in [6, 6.07) is 13.0. The third-order valence-electron chi connectivity index (χ3n) is 5.05. The number of hydrogen-bond acceptors (Lipinski definition) is 5. The van der Waals surface area contributed by atoms with Crippen molar-refractivity contribution in [2.24, 2.45) is 0 Å². The molecule has 1 atom stereocenters. The number of nitrogens with zero attached hydrogens (tertiary/aromatic N) is 2. The quantitative estimate of drug-likeness (QED) is 0.602. The van der Waals surface area contributed by atoms with E-state index in [9.17, 15) is 9.00 Å². The van der Waals surface area contributed by atoms with Crippen LogP contribution in [-0.4, -0.2) is 33.1 Å². The molecule has 7 nitrogen and oxygen atoms in total. The minimum atomic E-state index is -1.00. The van der Waals surface area contributed by atoms with Gasteiger partial charge in [0.05, 0.1) is 36.1 Å². The summed E-state index contributed by atoms with van der Waals surface area (Å²) in [6.07, 6.45) is 0. The van der Waals surface area contributed by atoms with Crippen LogP contribution in [-0.2, 0) is 22.3 Å². The zero-order valence-electron chi connectivity index (χ0n) is 17.8. The summed E-state index contributed by atoms with van der Waals surface area (Å²) in [5.41, 5.74) is 3.93. The van der Waals surface area contributed by atoms with E-state index in [0.29, 0.717) is 47.6 Å². The molecule has 0 fully saturated rings. The van der Waals surface area contributed by atoms with E-state index in [2.05, 4.69) is 10.4 Å². The lowest BCUT2D eigenvalue weighted by Gasteiger charge is -2.14. The number of aromatic nitrogens is 2. The number of anilines is 1. The van der Waals surface area contributed by atoms with E-state index in [-0.39, 0.29) is 5.91 Å². The minimum Gasteiger partial charge on any atom is -0.490 e. The number of rotatable bonds is 7. The molecule has 8 heteroatoms.